The fourth-order valence-corrected chi connectivity index (χ4v) is 3.06. The Morgan fingerprint density at radius 3 is 2.34 bits per heavy atom. The van der Waals surface area contributed by atoms with Gasteiger partial charge >= 0.3 is 0 Å². The summed E-state index contributed by atoms with van der Waals surface area (Å²) in [5, 5.41) is 2.33. The van der Waals surface area contributed by atoms with Crippen molar-refractivity contribution in [2.24, 2.45) is 0 Å². The lowest BCUT2D eigenvalue weighted by atomic mass is 10.1. The molecule has 0 radical (unpaired) electrons. The normalized spacial score (nSPS) is 11.5. The number of benzene rings is 2. The van der Waals surface area contributed by atoms with E-state index in [2.05, 4.69) is 31.2 Å². The highest BCUT2D eigenvalue weighted by Gasteiger charge is 2.19. The van der Waals surface area contributed by atoms with E-state index in [0.717, 1.165) is 16.6 Å². The van der Waals surface area contributed by atoms with E-state index < -0.39 is 23.1 Å². The fraction of sp³-hybridized carbons (Fsp3) is 0.150. The number of halogens is 3. The Hall–Kier alpha value is -3.07. The number of nitrogens with zero attached hydrogens (tertiary/aromatic N) is 2. The molecule has 9 heteroatoms. The average molecular weight is 464 g/mol. The van der Waals surface area contributed by atoms with Gasteiger partial charge in [0.05, 0.1) is 18.1 Å². The van der Waals surface area contributed by atoms with Crippen LogP contribution in [0, 0.1) is 11.6 Å². The Morgan fingerprint density at radius 2 is 1.72 bits per heavy atom. The maximum absolute atomic E-state index is 13.7. The standard InChI is InChI=1S/C18H10BrF2N3O3.C2H6/c19-10-5-15-14(26-8-27-15)4-9(10)13-6-23-16(7-22-13)24-18(25)17-11(20)2-1-3-12(17)21;1-2/h1-7H,8H2,(H,23,24,25);1-2H3. The average Bonchev–Trinajstić information content (AvgIpc) is 3.16. The van der Waals surface area contributed by atoms with Crippen LogP contribution in [0.5, 0.6) is 11.5 Å². The summed E-state index contributed by atoms with van der Waals surface area (Å²) < 4.78 is 38.7. The molecule has 0 unspecified atom stereocenters. The topological polar surface area (TPSA) is 73.3 Å². The number of fused-ring (bicyclic) bond motifs is 1. The van der Waals surface area contributed by atoms with Crippen molar-refractivity contribution in [3.8, 4) is 22.8 Å². The molecule has 29 heavy (non-hydrogen) atoms. The molecule has 1 aliphatic rings. The maximum atomic E-state index is 13.7. The van der Waals surface area contributed by atoms with Gasteiger partial charge in [-0.05, 0) is 40.2 Å². The molecule has 1 N–H and O–H groups in total. The Kier molecular flexibility index (Phi) is 6.38. The van der Waals surface area contributed by atoms with E-state index in [1.54, 1.807) is 12.1 Å². The number of carbonyl (C=O) groups is 1. The number of hydrogen-bond donors (Lipinski definition) is 1. The molecule has 3 aromatic rings. The molecule has 4 rings (SSSR count). The van der Waals surface area contributed by atoms with Gasteiger partial charge in [-0.1, -0.05) is 19.9 Å². The lowest BCUT2D eigenvalue weighted by Gasteiger charge is -2.08. The van der Waals surface area contributed by atoms with Crippen molar-refractivity contribution >= 4 is 27.7 Å². The number of hydrogen-bond acceptors (Lipinski definition) is 5. The van der Waals surface area contributed by atoms with Crippen LogP contribution in [0.2, 0.25) is 0 Å². The lowest BCUT2D eigenvalue weighted by molar-refractivity contribution is 0.101. The molecular formula is C20H16BrF2N3O3. The van der Waals surface area contributed by atoms with E-state index in [1.807, 2.05) is 13.8 Å². The summed E-state index contributed by atoms with van der Waals surface area (Å²) >= 11 is 3.44. The summed E-state index contributed by atoms with van der Waals surface area (Å²) in [4.78, 5) is 20.4. The van der Waals surface area contributed by atoms with Gasteiger partial charge in [0.2, 0.25) is 6.79 Å². The first-order valence-corrected chi connectivity index (χ1v) is 9.49. The SMILES string of the molecule is CC.O=C(Nc1cnc(-c2cc3c(cc2Br)OCO3)cn1)c1c(F)cccc1F. The van der Waals surface area contributed by atoms with Crippen molar-refractivity contribution in [2.75, 3.05) is 12.1 Å². The van der Waals surface area contributed by atoms with Crippen LogP contribution in [0.4, 0.5) is 14.6 Å². The van der Waals surface area contributed by atoms with Crippen molar-refractivity contribution in [2.45, 2.75) is 13.8 Å². The second kappa shape index (κ2) is 8.95. The first-order valence-electron chi connectivity index (χ1n) is 8.70. The zero-order valence-corrected chi connectivity index (χ0v) is 17.1. The molecule has 1 aliphatic heterocycles. The van der Waals surface area contributed by atoms with Gasteiger partial charge in [-0.15, -0.1) is 0 Å². The predicted octanol–water partition coefficient (Wildman–Crippen LogP) is 5.19. The number of nitrogens with one attached hydrogen (secondary N) is 1. The van der Waals surface area contributed by atoms with Crippen LogP contribution in [0.1, 0.15) is 24.2 Å². The van der Waals surface area contributed by atoms with Crippen molar-refractivity contribution in [3.05, 3.63) is 64.4 Å². The largest absolute Gasteiger partial charge is 0.454 e. The molecule has 0 bridgehead atoms. The van der Waals surface area contributed by atoms with Crippen molar-refractivity contribution in [1.29, 1.82) is 0 Å². The summed E-state index contributed by atoms with van der Waals surface area (Å²) in [6.45, 7) is 4.15. The number of amides is 1. The van der Waals surface area contributed by atoms with Crippen LogP contribution in [0.15, 0.2) is 47.2 Å². The second-order valence-corrected chi connectivity index (χ2v) is 6.38. The third kappa shape index (κ3) is 4.34. The van der Waals surface area contributed by atoms with Crippen LogP contribution < -0.4 is 14.8 Å². The van der Waals surface area contributed by atoms with Crippen LogP contribution in [0.3, 0.4) is 0 Å². The van der Waals surface area contributed by atoms with Crippen LogP contribution >= 0.6 is 15.9 Å². The zero-order chi connectivity index (χ0) is 21.0. The lowest BCUT2D eigenvalue weighted by Crippen LogP contribution is -2.16. The van der Waals surface area contributed by atoms with Crippen LogP contribution in [-0.4, -0.2) is 22.7 Å². The molecule has 0 saturated carbocycles. The minimum Gasteiger partial charge on any atom is -0.454 e. The predicted molar refractivity (Wildman–Crippen MR) is 107 cm³/mol. The first kappa shape index (κ1) is 20.7. The molecule has 0 spiro atoms. The minimum atomic E-state index is -0.957. The van der Waals surface area contributed by atoms with Gasteiger partial charge in [-0.3, -0.25) is 9.78 Å². The summed E-state index contributed by atoms with van der Waals surface area (Å²) in [6, 6.07) is 6.70. The number of anilines is 1. The van der Waals surface area contributed by atoms with Gasteiger partial charge in [-0.2, -0.15) is 0 Å². The highest BCUT2D eigenvalue weighted by molar-refractivity contribution is 9.10. The number of carbonyl (C=O) groups excluding carboxylic acids is 1. The van der Waals surface area contributed by atoms with Gasteiger partial charge in [0.15, 0.2) is 17.3 Å². The Labute approximate surface area is 174 Å². The molecule has 6 nitrogen and oxygen atoms in total. The van der Waals surface area contributed by atoms with Gasteiger partial charge in [0.25, 0.3) is 5.91 Å². The highest BCUT2D eigenvalue weighted by atomic mass is 79.9. The third-order valence-corrected chi connectivity index (χ3v) is 4.48. The van der Waals surface area contributed by atoms with E-state index >= 15 is 0 Å². The molecule has 1 amide bonds. The monoisotopic (exact) mass is 463 g/mol. The Bertz CT molecular complexity index is 1030. The summed E-state index contributed by atoms with van der Waals surface area (Å²) in [6.07, 6.45) is 2.72. The van der Waals surface area contributed by atoms with E-state index in [-0.39, 0.29) is 12.6 Å². The number of rotatable bonds is 3. The zero-order valence-electron chi connectivity index (χ0n) is 15.5. The molecule has 0 aliphatic carbocycles. The molecule has 1 aromatic heterocycles. The molecule has 0 saturated heterocycles. The van der Waals surface area contributed by atoms with Crippen molar-refractivity contribution in [1.82, 2.24) is 9.97 Å². The van der Waals surface area contributed by atoms with Crippen LogP contribution in [0.25, 0.3) is 11.3 Å². The molecule has 0 atom stereocenters. The first-order chi connectivity index (χ1) is 14.0. The number of aromatic nitrogens is 2. The maximum Gasteiger partial charge on any atom is 0.262 e. The second-order valence-electron chi connectivity index (χ2n) is 5.52. The third-order valence-electron chi connectivity index (χ3n) is 3.82. The van der Waals surface area contributed by atoms with Gasteiger partial charge < -0.3 is 14.8 Å². The highest BCUT2D eigenvalue weighted by Crippen LogP contribution is 2.40. The smallest absolute Gasteiger partial charge is 0.262 e. The molecule has 2 aromatic carbocycles. The fourth-order valence-electron chi connectivity index (χ4n) is 2.54. The summed E-state index contributed by atoms with van der Waals surface area (Å²) in [7, 11) is 0. The van der Waals surface area contributed by atoms with Crippen molar-refractivity contribution in [3.63, 3.8) is 0 Å². The summed E-state index contributed by atoms with van der Waals surface area (Å²) in [5.74, 6) is -1.60. The quantitative estimate of drug-likeness (QED) is 0.578. The molecular weight excluding hydrogens is 448 g/mol. The Morgan fingerprint density at radius 1 is 1.07 bits per heavy atom. The minimum absolute atomic E-state index is 0.0586. The van der Waals surface area contributed by atoms with E-state index in [9.17, 15) is 13.6 Å². The molecule has 2 heterocycles. The molecule has 0 fully saturated rings. The van der Waals surface area contributed by atoms with E-state index in [1.165, 1.54) is 18.5 Å². The van der Waals surface area contributed by atoms with Crippen molar-refractivity contribution < 1.29 is 23.0 Å². The van der Waals surface area contributed by atoms with E-state index in [4.69, 9.17) is 9.47 Å². The number of ether oxygens (including phenoxy) is 2. The summed E-state index contributed by atoms with van der Waals surface area (Å²) in [5.41, 5.74) is 0.543. The van der Waals surface area contributed by atoms with Gasteiger partial charge in [0.1, 0.15) is 17.2 Å². The molecule has 150 valence electrons. The van der Waals surface area contributed by atoms with E-state index in [0.29, 0.717) is 22.8 Å². The van der Waals surface area contributed by atoms with Crippen LogP contribution in [-0.2, 0) is 0 Å². The Balaban J connectivity index is 0.00000117. The van der Waals surface area contributed by atoms with Gasteiger partial charge in [-0.25, -0.2) is 13.8 Å². The van der Waals surface area contributed by atoms with Gasteiger partial charge in [0, 0.05) is 10.0 Å².